The molecule has 0 unspecified atom stereocenters. The molecule has 6 atom stereocenters. The van der Waals surface area contributed by atoms with Crippen LogP contribution in [0.15, 0.2) is 50.6 Å². The molecule has 24 heavy (non-hydrogen) atoms. The SMILES string of the molecule is C=CCO[C@@]1(CC=C)[C@@H](O)[C@H](O)[C@@H](O)[C@H](O)[C@@]1(CC=C)OCC=C. The number of hydrogen-bond donors (Lipinski definition) is 4. The minimum Gasteiger partial charge on any atom is -0.387 e. The van der Waals surface area contributed by atoms with Gasteiger partial charge >= 0.3 is 0 Å². The van der Waals surface area contributed by atoms with E-state index in [4.69, 9.17) is 9.47 Å². The summed E-state index contributed by atoms with van der Waals surface area (Å²) in [6, 6.07) is 0. The standard InChI is InChI=1S/C18H28O6/c1-5-9-17(23-11-7-3)15(21)13(19)14(20)16(22)18(17,10-6-2)24-12-8-4/h5-8,13-16,19-22H,1-4,9-12H2/t13-,14-,15+,16+,17-,18+/m1/s1. The number of hydrogen-bond acceptors (Lipinski definition) is 6. The Morgan fingerprint density at radius 1 is 0.667 bits per heavy atom. The van der Waals surface area contributed by atoms with Crippen molar-refractivity contribution in [1.82, 2.24) is 0 Å². The molecule has 136 valence electrons. The van der Waals surface area contributed by atoms with Crippen LogP contribution in [0.2, 0.25) is 0 Å². The van der Waals surface area contributed by atoms with Crippen LogP contribution >= 0.6 is 0 Å². The lowest BCUT2D eigenvalue weighted by atomic mass is 9.62. The van der Waals surface area contributed by atoms with Gasteiger partial charge in [-0.1, -0.05) is 24.3 Å². The third-order valence-electron chi connectivity index (χ3n) is 4.48. The van der Waals surface area contributed by atoms with Crippen molar-refractivity contribution in [2.45, 2.75) is 48.5 Å². The molecular weight excluding hydrogens is 312 g/mol. The summed E-state index contributed by atoms with van der Waals surface area (Å²) in [4.78, 5) is 0. The zero-order valence-electron chi connectivity index (χ0n) is 13.9. The van der Waals surface area contributed by atoms with Crippen molar-refractivity contribution in [3.63, 3.8) is 0 Å². The summed E-state index contributed by atoms with van der Waals surface area (Å²) in [5.41, 5.74) is -3.11. The average Bonchev–Trinajstić information content (AvgIpc) is 2.58. The van der Waals surface area contributed by atoms with Gasteiger partial charge < -0.3 is 29.9 Å². The summed E-state index contributed by atoms with van der Waals surface area (Å²) in [6.45, 7) is 14.6. The van der Waals surface area contributed by atoms with Crippen LogP contribution in [-0.4, -0.2) is 69.3 Å². The van der Waals surface area contributed by atoms with Crippen LogP contribution in [0.1, 0.15) is 12.8 Å². The Morgan fingerprint density at radius 3 is 1.25 bits per heavy atom. The molecule has 1 fully saturated rings. The van der Waals surface area contributed by atoms with Gasteiger partial charge in [0.2, 0.25) is 0 Å². The molecule has 0 radical (unpaired) electrons. The zero-order valence-corrected chi connectivity index (χ0v) is 13.9. The fourth-order valence-electron chi connectivity index (χ4n) is 3.39. The highest BCUT2D eigenvalue weighted by Crippen LogP contribution is 2.48. The molecule has 0 spiro atoms. The molecule has 0 aromatic rings. The summed E-state index contributed by atoms with van der Waals surface area (Å²) in [5, 5.41) is 41.9. The van der Waals surface area contributed by atoms with Crippen molar-refractivity contribution in [1.29, 1.82) is 0 Å². The quantitative estimate of drug-likeness (QED) is 0.432. The molecular formula is C18H28O6. The minimum atomic E-state index is -1.62. The summed E-state index contributed by atoms with van der Waals surface area (Å²) >= 11 is 0. The lowest BCUT2D eigenvalue weighted by Crippen LogP contribution is -2.78. The van der Waals surface area contributed by atoms with Crippen molar-refractivity contribution >= 4 is 0 Å². The maximum absolute atomic E-state index is 10.7. The summed E-state index contributed by atoms with van der Waals surface area (Å²) in [5.74, 6) is 0. The summed E-state index contributed by atoms with van der Waals surface area (Å²) < 4.78 is 11.7. The van der Waals surface area contributed by atoms with Crippen molar-refractivity contribution in [3.05, 3.63) is 50.6 Å². The Hall–Kier alpha value is -1.28. The molecule has 6 nitrogen and oxygen atoms in total. The average molecular weight is 340 g/mol. The van der Waals surface area contributed by atoms with E-state index >= 15 is 0 Å². The van der Waals surface area contributed by atoms with Gasteiger partial charge in [0.05, 0.1) is 13.2 Å². The van der Waals surface area contributed by atoms with Crippen molar-refractivity contribution < 1.29 is 29.9 Å². The molecule has 0 aliphatic heterocycles. The Kier molecular flexibility index (Phi) is 7.54. The normalized spacial score (nSPS) is 39.2. The van der Waals surface area contributed by atoms with E-state index in [1.165, 1.54) is 24.3 Å². The fourth-order valence-corrected chi connectivity index (χ4v) is 3.39. The first-order chi connectivity index (χ1) is 11.4. The first kappa shape index (κ1) is 20.8. The van der Waals surface area contributed by atoms with Crippen LogP contribution in [0.3, 0.4) is 0 Å². The first-order valence-corrected chi connectivity index (χ1v) is 7.82. The monoisotopic (exact) mass is 340 g/mol. The van der Waals surface area contributed by atoms with Crippen LogP contribution in [0, 0.1) is 0 Å². The van der Waals surface area contributed by atoms with Gasteiger partial charge in [0.15, 0.2) is 0 Å². The smallest absolute Gasteiger partial charge is 0.132 e. The van der Waals surface area contributed by atoms with Crippen molar-refractivity contribution in [2.24, 2.45) is 0 Å². The molecule has 1 saturated carbocycles. The van der Waals surface area contributed by atoms with Crippen LogP contribution < -0.4 is 0 Å². The molecule has 0 aromatic heterocycles. The first-order valence-electron chi connectivity index (χ1n) is 7.82. The highest BCUT2D eigenvalue weighted by molar-refractivity contribution is 5.22. The molecule has 6 heteroatoms. The van der Waals surface area contributed by atoms with E-state index in [1.807, 2.05) is 0 Å². The molecule has 1 rings (SSSR count). The van der Waals surface area contributed by atoms with Gasteiger partial charge in [-0.25, -0.2) is 0 Å². The van der Waals surface area contributed by atoms with Crippen LogP contribution in [0.4, 0.5) is 0 Å². The second kappa shape index (κ2) is 8.71. The predicted molar refractivity (Wildman–Crippen MR) is 91.4 cm³/mol. The maximum Gasteiger partial charge on any atom is 0.132 e. The Balaban J connectivity index is 3.58. The van der Waals surface area contributed by atoms with Crippen molar-refractivity contribution in [3.8, 4) is 0 Å². The number of ether oxygens (including phenoxy) is 2. The number of rotatable bonds is 10. The van der Waals surface area contributed by atoms with E-state index in [9.17, 15) is 20.4 Å². The van der Waals surface area contributed by atoms with E-state index in [2.05, 4.69) is 26.3 Å². The lowest BCUT2D eigenvalue weighted by Gasteiger charge is -2.59. The molecule has 1 aliphatic rings. The predicted octanol–water partition coefficient (Wildman–Crippen LogP) is 0.479. The topological polar surface area (TPSA) is 99.4 Å². The van der Waals surface area contributed by atoms with Gasteiger partial charge in [-0.15, -0.1) is 26.3 Å². The van der Waals surface area contributed by atoms with Gasteiger partial charge in [0, 0.05) is 0 Å². The van der Waals surface area contributed by atoms with Gasteiger partial charge in [0.25, 0.3) is 0 Å². The van der Waals surface area contributed by atoms with Crippen LogP contribution in [0.5, 0.6) is 0 Å². The van der Waals surface area contributed by atoms with E-state index < -0.39 is 35.6 Å². The third kappa shape index (κ3) is 3.26. The number of aliphatic hydroxyl groups is 4. The van der Waals surface area contributed by atoms with Crippen LogP contribution in [-0.2, 0) is 9.47 Å². The molecule has 4 N–H and O–H groups in total. The minimum absolute atomic E-state index is 0.0385. The zero-order chi connectivity index (χ0) is 18.4. The molecule has 0 bridgehead atoms. The highest BCUT2D eigenvalue weighted by Gasteiger charge is 2.68. The summed E-state index contributed by atoms with van der Waals surface area (Å²) in [6.07, 6.45) is -0.206. The van der Waals surface area contributed by atoms with Gasteiger partial charge in [0.1, 0.15) is 35.6 Å². The molecule has 0 amide bonds. The second-order valence-electron chi connectivity index (χ2n) is 5.83. The molecule has 0 aromatic carbocycles. The lowest BCUT2D eigenvalue weighted by molar-refractivity contribution is -0.331. The Labute approximate surface area is 143 Å². The van der Waals surface area contributed by atoms with E-state index in [-0.39, 0.29) is 26.1 Å². The Bertz CT molecular complexity index is 422. The van der Waals surface area contributed by atoms with E-state index in [1.54, 1.807) is 0 Å². The second-order valence-corrected chi connectivity index (χ2v) is 5.83. The maximum atomic E-state index is 10.7. The van der Waals surface area contributed by atoms with Crippen LogP contribution in [0.25, 0.3) is 0 Å². The highest BCUT2D eigenvalue weighted by atomic mass is 16.6. The fraction of sp³-hybridized carbons (Fsp3) is 0.556. The third-order valence-corrected chi connectivity index (χ3v) is 4.48. The molecule has 0 heterocycles. The van der Waals surface area contributed by atoms with E-state index in [0.29, 0.717) is 0 Å². The van der Waals surface area contributed by atoms with Gasteiger partial charge in [-0.05, 0) is 12.8 Å². The molecule has 0 saturated heterocycles. The molecule has 1 aliphatic carbocycles. The van der Waals surface area contributed by atoms with Gasteiger partial charge in [-0.2, -0.15) is 0 Å². The van der Waals surface area contributed by atoms with E-state index in [0.717, 1.165) is 0 Å². The van der Waals surface area contributed by atoms with Gasteiger partial charge in [-0.3, -0.25) is 0 Å². The Morgan fingerprint density at radius 2 is 1.00 bits per heavy atom. The summed E-state index contributed by atoms with van der Waals surface area (Å²) in [7, 11) is 0. The van der Waals surface area contributed by atoms with Crippen molar-refractivity contribution in [2.75, 3.05) is 13.2 Å². The number of aliphatic hydroxyl groups excluding tert-OH is 4. The largest absolute Gasteiger partial charge is 0.387 e.